The molecule has 0 aliphatic heterocycles. The summed E-state index contributed by atoms with van der Waals surface area (Å²) in [6.45, 7) is 4.86. The molecule has 1 heterocycles. The van der Waals surface area contributed by atoms with Crippen LogP contribution in [0.25, 0.3) is 0 Å². The second-order valence-corrected chi connectivity index (χ2v) is 4.84. The summed E-state index contributed by atoms with van der Waals surface area (Å²) >= 11 is 1.78. The molecule has 0 radical (unpaired) electrons. The first-order valence-electron chi connectivity index (χ1n) is 5.40. The predicted molar refractivity (Wildman–Crippen MR) is 65.4 cm³/mol. The zero-order chi connectivity index (χ0) is 11.3. The van der Waals surface area contributed by atoms with Crippen molar-refractivity contribution in [3.05, 3.63) is 22.4 Å². The van der Waals surface area contributed by atoms with Crippen molar-refractivity contribution in [3.8, 4) is 0 Å². The van der Waals surface area contributed by atoms with Crippen molar-refractivity contribution < 1.29 is 4.79 Å². The molecule has 1 aromatic rings. The second-order valence-electron chi connectivity index (χ2n) is 3.81. The van der Waals surface area contributed by atoms with Crippen LogP contribution in [0.5, 0.6) is 0 Å². The summed E-state index contributed by atoms with van der Waals surface area (Å²) in [4.78, 5) is 15.0. The molecule has 0 saturated carbocycles. The molecule has 0 saturated heterocycles. The Labute approximate surface area is 95.9 Å². The van der Waals surface area contributed by atoms with E-state index in [-0.39, 0.29) is 6.04 Å². The topological polar surface area (TPSA) is 20.3 Å². The van der Waals surface area contributed by atoms with E-state index in [0.29, 0.717) is 12.2 Å². The molecule has 0 aliphatic rings. The third-order valence-electron chi connectivity index (χ3n) is 2.77. The molecule has 0 bridgehead atoms. The molecule has 0 amide bonds. The van der Waals surface area contributed by atoms with E-state index in [0.717, 1.165) is 13.0 Å². The molecule has 1 aromatic heterocycles. The zero-order valence-corrected chi connectivity index (χ0v) is 10.5. The van der Waals surface area contributed by atoms with Gasteiger partial charge in [-0.1, -0.05) is 13.0 Å². The zero-order valence-electron chi connectivity index (χ0n) is 9.69. The molecule has 1 rings (SSSR count). The van der Waals surface area contributed by atoms with Crippen LogP contribution in [0.2, 0.25) is 0 Å². The Kier molecular flexibility index (Phi) is 4.99. The Morgan fingerprint density at radius 3 is 2.87 bits per heavy atom. The van der Waals surface area contributed by atoms with E-state index in [4.69, 9.17) is 0 Å². The van der Waals surface area contributed by atoms with Crippen molar-refractivity contribution in [2.24, 2.45) is 0 Å². The summed E-state index contributed by atoms with van der Waals surface area (Å²) in [5, 5.41) is 2.09. The molecule has 0 aliphatic carbocycles. The van der Waals surface area contributed by atoms with Gasteiger partial charge >= 0.3 is 0 Å². The Hall–Kier alpha value is -0.670. The number of rotatable bonds is 6. The highest BCUT2D eigenvalue weighted by atomic mass is 32.1. The minimum atomic E-state index is 0.0509. The number of carbonyl (C=O) groups excluding carboxylic acids is 1. The smallest absolute Gasteiger partial charge is 0.149 e. The van der Waals surface area contributed by atoms with E-state index in [9.17, 15) is 4.79 Å². The van der Waals surface area contributed by atoms with E-state index in [2.05, 4.69) is 22.4 Å². The van der Waals surface area contributed by atoms with Gasteiger partial charge in [0.2, 0.25) is 0 Å². The number of carbonyl (C=O) groups is 1. The Morgan fingerprint density at radius 2 is 2.33 bits per heavy atom. The fourth-order valence-electron chi connectivity index (χ4n) is 1.48. The molecule has 0 fully saturated rings. The van der Waals surface area contributed by atoms with Crippen LogP contribution in [-0.4, -0.2) is 30.3 Å². The third kappa shape index (κ3) is 3.76. The van der Waals surface area contributed by atoms with Gasteiger partial charge in [0.25, 0.3) is 0 Å². The van der Waals surface area contributed by atoms with Gasteiger partial charge < -0.3 is 0 Å². The highest BCUT2D eigenvalue weighted by Crippen LogP contribution is 2.10. The number of ketones is 1. The van der Waals surface area contributed by atoms with E-state index in [1.807, 2.05) is 20.9 Å². The van der Waals surface area contributed by atoms with Crippen LogP contribution >= 0.6 is 11.3 Å². The van der Waals surface area contributed by atoms with Crippen LogP contribution in [0.4, 0.5) is 0 Å². The second kappa shape index (κ2) is 6.03. The monoisotopic (exact) mass is 225 g/mol. The van der Waals surface area contributed by atoms with E-state index in [1.54, 1.807) is 11.3 Å². The summed E-state index contributed by atoms with van der Waals surface area (Å²) < 4.78 is 0. The molecule has 84 valence electrons. The number of hydrogen-bond acceptors (Lipinski definition) is 3. The normalized spacial score (nSPS) is 13.1. The SMILES string of the molecule is CCC(=O)C(C)N(C)CCc1cccs1. The summed E-state index contributed by atoms with van der Waals surface area (Å²) in [7, 11) is 2.02. The summed E-state index contributed by atoms with van der Waals surface area (Å²) in [6.07, 6.45) is 1.67. The van der Waals surface area contributed by atoms with Gasteiger partial charge in [0, 0.05) is 17.8 Å². The first-order valence-corrected chi connectivity index (χ1v) is 6.28. The van der Waals surface area contributed by atoms with Crippen molar-refractivity contribution in [2.45, 2.75) is 32.7 Å². The molecule has 1 unspecified atom stereocenters. The van der Waals surface area contributed by atoms with Crippen LogP contribution in [0.3, 0.4) is 0 Å². The maximum absolute atomic E-state index is 11.5. The minimum Gasteiger partial charge on any atom is -0.298 e. The number of nitrogens with zero attached hydrogens (tertiary/aromatic N) is 1. The van der Waals surface area contributed by atoms with Crippen LogP contribution in [0.15, 0.2) is 17.5 Å². The van der Waals surface area contributed by atoms with Crippen LogP contribution in [-0.2, 0) is 11.2 Å². The Balaban J connectivity index is 2.35. The van der Waals surface area contributed by atoms with Crippen LogP contribution in [0, 0.1) is 0 Å². The number of Topliss-reactive ketones (excluding diaryl/α,β-unsaturated/α-hetero) is 1. The van der Waals surface area contributed by atoms with Gasteiger partial charge in [0.05, 0.1) is 6.04 Å². The standard InChI is InChI=1S/C12H19NOS/c1-4-12(14)10(2)13(3)8-7-11-6-5-9-15-11/h5-6,9-10H,4,7-8H2,1-3H3. The van der Waals surface area contributed by atoms with Crippen molar-refractivity contribution in [2.75, 3.05) is 13.6 Å². The predicted octanol–water partition coefficient (Wildman–Crippen LogP) is 2.59. The molecule has 15 heavy (non-hydrogen) atoms. The van der Waals surface area contributed by atoms with Gasteiger partial charge in [-0.15, -0.1) is 11.3 Å². The molecule has 0 aromatic carbocycles. The van der Waals surface area contributed by atoms with Crippen LogP contribution < -0.4 is 0 Å². The van der Waals surface area contributed by atoms with E-state index < -0.39 is 0 Å². The third-order valence-corrected chi connectivity index (χ3v) is 3.70. The van der Waals surface area contributed by atoms with Crippen LogP contribution in [0.1, 0.15) is 25.1 Å². The van der Waals surface area contributed by atoms with E-state index in [1.165, 1.54) is 4.88 Å². The Morgan fingerprint density at radius 1 is 1.60 bits per heavy atom. The lowest BCUT2D eigenvalue weighted by Crippen LogP contribution is -2.36. The lowest BCUT2D eigenvalue weighted by Gasteiger charge is -2.22. The van der Waals surface area contributed by atoms with Gasteiger partial charge in [0.1, 0.15) is 5.78 Å². The summed E-state index contributed by atoms with van der Waals surface area (Å²) in [5.74, 6) is 0.323. The summed E-state index contributed by atoms with van der Waals surface area (Å²) in [6, 6.07) is 4.26. The van der Waals surface area contributed by atoms with Gasteiger partial charge in [-0.25, -0.2) is 0 Å². The molecular weight excluding hydrogens is 206 g/mol. The van der Waals surface area contributed by atoms with Crippen molar-refractivity contribution >= 4 is 17.1 Å². The quantitative estimate of drug-likeness (QED) is 0.741. The van der Waals surface area contributed by atoms with Gasteiger partial charge in [-0.3, -0.25) is 9.69 Å². The fourth-order valence-corrected chi connectivity index (χ4v) is 2.17. The molecular formula is C12H19NOS. The first kappa shape index (κ1) is 12.4. The van der Waals surface area contributed by atoms with Gasteiger partial charge in [-0.05, 0) is 31.8 Å². The number of thiophene rings is 1. The fraction of sp³-hybridized carbons (Fsp3) is 0.583. The van der Waals surface area contributed by atoms with Crippen molar-refractivity contribution in [1.82, 2.24) is 4.90 Å². The minimum absolute atomic E-state index is 0.0509. The lowest BCUT2D eigenvalue weighted by atomic mass is 10.1. The highest BCUT2D eigenvalue weighted by molar-refractivity contribution is 7.09. The average molecular weight is 225 g/mol. The molecule has 0 N–H and O–H groups in total. The van der Waals surface area contributed by atoms with Gasteiger partial charge in [0.15, 0.2) is 0 Å². The molecule has 0 spiro atoms. The number of hydrogen-bond donors (Lipinski definition) is 0. The maximum Gasteiger partial charge on any atom is 0.149 e. The Bertz CT molecular complexity index is 295. The molecule has 2 nitrogen and oxygen atoms in total. The number of likely N-dealkylation sites (N-methyl/N-ethyl adjacent to an activating group) is 1. The molecule has 1 atom stereocenters. The lowest BCUT2D eigenvalue weighted by molar-refractivity contribution is -0.122. The highest BCUT2D eigenvalue weighted by Gasteiger charge is 2.15. The largest absolute Gasteiger partial charge is 0.298 e. The summed E-state index contributed by atoms with van der Waals surface area (Å²) in [5.41, 5.74) is 0. The van der Waals surface area contributed by atoms with Crippen molar-refractivity contribution in [3.63, 3.8) is 0 Å². The molecule has 3 heteroatoms. The van der Waals surface area contributed by atoms with Gasteiger partial charge in [-0.2, -0.15) is 0 Å². The van der Waals surface area contributed by atoms with E-state index >= 15 is 0 Å². The van der Waals surface area contributed by atoms with Crippen molar-refractivity contribution in [1.29, 1.82) is 0 Å². The first-order chi connectivity index (χ1) is 7.15. The maximum atomic E-state index is 11.5. The average Bonchev–Trinajstić information content (AvgIpc) is 2.76.